The number of hydrogen-bond acceptors (Lipinski definition) is 5. The molecule has 0 aromatic carbocycles. The van der Waals surface area contributed by atoms with E-state index in [0.717, 1.165) is 0 Å². The SMILES string of the molecule is N#CC1=C/C=C\C=C/C=C\C=C/C=C/C=C\ONN=N\C=C/C=C\1. The number of nitrogens with zero attached hydrogens (tertiary/aromatic N) is 3. The van der Waals surface area contributed by atoms with Gasteiger partial charge in [-0.15, -0.1) is 10.7 Å². The second-order valence-corrected chi connectivity index (χ2v) is 4.11. The summed E-state index contributed by atoms with van der Waals surface area (Å²) in [5, 5.41) is 16.3. The van der Waals surface area contributed by atoms with Gasteiger partial charge in [0.2, 0.25) is 0 Å². The summed E-state index contributed by atoms with van der Waals surface area (Å²) in [5.41, 5.74) is 2.82. The molecule has 0 atom stereocenters. The van der Waals surface area contributed by atoms with Gasteiger partial charge in [-0.25, -0.2) is 0 Å². The fraction of sp³-hybridized carbons (Fsp3) is 0. The molecule has 0 unspecified atom stereocenters. The van der Waals surface area contributed by atoms with Crippen LogP contribution in [0.4, 0.5) is 0 Å². The van der Waals surface area contributed by atoms with Crippen LogP contribution in [-0.4, -0.2) is 0 Å². The molecule has 0 aromatic heterocycles. The molecule has 0 aliphatic carbocycles. The summed E-state index contributed by atoms with van der Waals surface area (Å²) >= 11 is 0. The van der Waals surface area contributed by atoms with Crippen LogP contribution in [0.2, 0.25) is 0 Å². The first-order valence-electron chi connectivity index (χ1n) is 7.17. The lowest BCUT2D eigenvalue weighted by atomic mass is 10.2. The van der Waals surface area contributed by atoms with Crippen molar-refractivity contribution >= 4 is 0 Å². The predicted octanol–water partition coefficient (Wildman–Crippen LogP) is 4.70. The van der Waals surface area contributed by atoms with E-state index in [2.05, 4.69) is 22.0 Å². The Kier molecular flexibility index (Phi) is 11.0. The van der Waals surface area contributed by atoms with Gasteiger partial charge in [-0.05, 0) is 29.5 Å². The van der Waals surface area contributed by atoms with Gasteiger partial charge < -0.3 is 4.84 Å². The van der Waals surface area contributed by atoms with Crippen molar-refractivity contribution in [1.29, 1.82) is 5.26 Å². The Bertz CT molecular complexity index is 693. The first-order chi connectivity index (χ1) is 11.9. The Morgan fingerprint density at radius 1 is 0.792 bits per heavy atom. The minimum absolute atomic E-state index is 0.528. The van der Waals surface area contributed by atoms with Gasteiger partial charge in [0, 0.05) is 0 Å². The summed E-state index contributed by atoms with van der Waals surface area (Å²) in [6.45, 7) is 0. The van der Waals surface area contributed by atoms with Crippen molar-refractivity contribution in [2.75, 3.05) is 0 Å². The zero-order valence-electron chi connectivity index (χ0n) is 13.1. The van der Waals surface area contributed by atoms with Gasteiger partial charge in [0.1, 0.15) is 6.26 Å². The highest BCUT2D eigenvalue weighted by Gasteiger charge is 1.83. The van der Waals surface area contributed by atoms with Crippen LogP contribution in [0.3, 0.4) is 0 Å². The van der Waals surface area contributed by atoms with Gasteiger partial charge in [-0.2, -0.15) is 5.26 Å². The first-order valence-corrected chi connectivity index (χ1v) is 7.17. The molecule has 0 radical (unpaired) electrons. The van der Waals surface area contributed by atoms with Crippen molar-refractivity contribution in [3.63, 3.8) is 0 Å². The van der Waals surface area contributed by atoms with E-state index in [1.165, 1.54) is 12.5 Å². The molecule has 1 rings (SSSR count). The fourth-order valence-electron chi connectivity index (χ4n) is 1.31. The van der Waals surface area contributed by atoms with Crippen molar-refractivity contribution in [3.05, 3.63) is 109 Å². The molecule has 1 aliphatic rings. The smallest absolute Gasteiger partial charge is 0.121 e. The highest BCUT2D eigenvalue weighted by molar-refractivity contribution is 5.37. The standard InChI is InChI=1S/C19H18N4O/c20-18-19-14-10-8-6-4-2-1-3-5-7-9-13-17-24-23-22-21-16-12-11-15-19/h1-17H,(H,21,23)/b2-1-,5-3-,6-4-,9-7+,10-8-,15-11-,16-12-,17-13-,19-14+. The Balaban J connectivity index is 2.76. The van der Waals surface area contributed by atoms with Gasteiger partial charge in [0.05, 0.1) is 17.8 Å². The van der Waals surface area contributed by atoms with Crippen LogP contribution >= 0.6 is 0 Å². The van der Waals surface area contributed by atoms with Gasteiger partial charge in [0.25, 0.3) is 0 Å². The van der Waals surface area contributed by atoms with Crippen molar-refractivity contribution in [2.24, 2.45) is 10.3 Å². The average Bonchev–Trinajstić information content (AvgIpc) is 2.60. The van der Waals surface area contributed by atoms with Crippen LogP contribution in [0.1, 0.15) is 0 Å². The lowest BCUT2D eigenvalue weighted by molar-refractivity contribution is 0.131. The second kappa shape index (κ2) is 14.3. The van der Waals surface area contributed by atoms with Crippen LogP contribution in [0, 0.1) is 11.3 Å². The van der Waals surface area contributed by atoms with Crippen molar-refractivity contribution in [2.45, 2.75) is 0 Å². The van der Waals surface area contributed by atoms with Gasteiger partial charge >= 0.3 is 0 Å². The molecular formula is C19H18N4O. The maximum atomic E-state index is 9.01. The molecule has 0 spiro atoms. The molecule has 0 saturated carbocycles. The molecule has 1 aliphatic heterocycles. The number of nitriles is 1. The molecule has 1 N–H and O–H groups in total. The fourth-order valence-corrected chi connectivity index (χ4v) is 1.31. The van der Waals surface area contributed by atoms with Crippen LogP contribution in [0.15, 0.2) is 120 Å². The summed E-state index contributed by atoms with van der Waals surface area (Å²) in [6.07, 6.45) is 30.1. The minimum Gasteiger partial charge on any atom is -0.372 e. The maximum absolute atomic E-state index is 9.01. The second-order valence-electron chi connectivity index (χ2n) is 4.11. The number of hydrogen-bond donors (Lipinski definition) is 1. The van der Waals surface area contributed by atoms with E-state index in [4.69, 9.17) is 10.1 Å². The molecule has 0 bridgehead atoms. The van der Waals surface area contributed by atoms with Crippen LogP contribution in [-0.2, 0) is 4.84 Å². The van der Waals surface area contributed by atoms with E-state index in [9.17, 15) is 0 Å². The summed E-state index contributed by atoms with van der Waals surface area (Å²) in [6, 6.07) is 2.09. The third-order valence-electron chi connectivity index (χ3n) is 2.35. The Labute approximate surface area is 142 Å². The molecule has 0 aromatic rings. The number of allylic oxidation sites excluding steroid dienone is 16. The lowest BCUT2D eigenvalue weighted by Crippen LogP contribution is -1.98. The molecular weight excluding hydrogens is 300 g/mol. The molecule has 1 heterocycles. The van der Waals surface area contributed by atoms with E-state index in [1.807, 2.05) is 54.7 Å². The normalized spacial score (nSPS) is 28.5. The molecule has 5 heteroatoms. The van der Waals surface area contributed by atoms with E-state index in [1.54, 1.807) is 36.5 Å². The third kappa shape index (κ3) is 11.1. The summed E-state index contributed by atoms with van der Waals surface area (Å²) in [4.78, 5) is 4.88. The third-order valence-corrected chi connectivity index (χ3v) is 2.35. The highest BCUT2D eigenvalue weighted by atomic mass is 16.7. The Hall–Kier alpha value is -3.65. The first kappa shape index (κ1) is 18.4. The molecule has 0 amide bonds. The van der Waals surface area contributed by atoms with E-state index in [0.29, 0.717) is 5.57 Å². The largest absolute Gasteiger partial charge is 0.372 e. The highest BCUT2D eigenvalue weighted by Crippen LogP contribution is 1.96. The quantitative estimate of drug-likeness (QED) is 0.703. The molecule has 0 saturated heterocycles. The molecule has 0 fully saturated rings. The zero-order chi connectivity index (χ0) is 17.1. The summed E-state index contributed by atoms with van der Waals surface area (Å²) in [5.74, 6) is 0. The maximum Gasteiger partial charge on any atom is 0.121 e. The summed E-state index contributed by atoms with van der Waals surface area (Å²) in [7, 11) is 0. The van der Waals surface area contributed by atoms with Crippen molar-refractivity contribution in [1.82, 2.24) is 5.59 Å². The van der Waals surface area contributed by atoms with Gasteiger partial charge in [-0.3, -0.25) is 0 Å². The predicted molar refractivity (Wildman–Crippen MR) is 95.9 cm³/mol. The average molecular weight is 318 g/mol. The number of nitrogens with one attached hydrogen (secondary N) is 1. The van der Waals surface area contributed by atoms with Gasteiger partial charge in [0.15, 0.2) is 0 Å². The van der Waals surface area contributed by atoms with E-state index in [-0.39, 0.29) is 0 Å². The monoisotopic (exact) mass is 318 g/mol. The van der Waals surface area contributed by atoms with Gasteiger partial charge in [-0.1, -0.05) is 66.8 Å². The molecule has 24 heavy (non-hydrogen) atoms. The summed E-state index contributed by atoms with van der Waals surface area (Å²) < 4.78 is 0. The van der Waals surface area contributed by atoms with E-state index < -0.39 is 0 Å². The zero-order valence-corrected chi connectivity index (χ0v) is 13.1. The van der Waals surface area contributed by atoms with Crippen molar-refractivity contribution < 1.29 is 4.84 Å². The van der Waals surface area contributed by atoms with E-state index >= 15 is 0 Å². The Morgan fingerprint density at radius 3 is 2.08 bits per heavy atom. The topological polar surface area (TPSA) is 69.8 Å². The molecule has 5 nitrogen and oxygen atoms in total. The van der Waals surface area contributed by atoms with Crippen LogP contribution in [0.5, 0.6) is 0 Å². The molecule has 120 valence electrons. The Morgan fingerprint density at radius 2 is 1.42 bits per heavy atom. The number of rotatable bonds is 0. The van der Waals surface area contributed by atoms with Crippen LogP contribution < -0.4 is 5.59 Å². The van der Waals surface area contributed by atoms with Crippen molar-refractivity contribution in [3.8, 4) is 6.07 Å². The minimum atomic E-state index is 0.528. The lowest BCUT2D eigenvalue weighted by Gasteiger charge is -1.91. The van der Waals surface area contributed by atoms with Crippen LogP contribution in [0.25, 0.3) is 0 Å².